The van der Waals surface area contributed by atoms with Gasteiger partial charge in [0.15, 0.2) is 0 Å². The van der Waals surface area contributed by atoms with Crippen molar-refractivity contribution in [2.45, 2.75) is 18.5 Å². The van der Waals surface area contributed by atoms with Crippen LogP contribution in [0, 0.1) is 0 Å². The molecule has 2 aromatic rings. The summed E-state index contributed by atoms with van der Waals surface area (Å²) in [6.07, 6.45) is 4.19. The Morgan fingerprint density at radius 2 is 1.91 bits per heavy atom. The summed E-state index contributed by atoms with van der Waals surface area (Å²) in [4.78, 5) is 16.3. The lowest BCUT2D eigenvalue weighted by molar-refractivity contribution is -0.117. The normalized spacial score (nSPS) is 20.6. The van der Waals surface area contributed by atoms with Crippen molar-refractivity contribution in [3.8, 4) is 5.75 Å². The molecule has 2 atom stereocenters. The summed E-state index contributed by atoms with van der Waals surface area (Å²) in [5.74, 6) is 0.700. The minimum absolute atomic E-state index is 0.0609. The summed E-state index contributed by atoms with van der Waals surface area (Å²) in [6.45, 7) is 0. The quantitative estimate of drug-likeness (QED) is 0.800. The van der Waals surface area contributed by atoms with Crippen LogP contribution in [0.2, 0.25) is 0 Å². The number of hydrazine groups is 1. The van der Waals surface area contributed by atoms with Gasteiger partial charge in [0.1, 0.15) is 11.8 Å². The maximum absolute atomic E-state index is 12.3. The largest absolute Gasteiger partial charge is 0.497 e. The van der Waals surface area contributed by atoms with E-state index < -0.39 is 0 Å². The number of ether oxygens (including phenoxy) is 1. The van der Waals surface area contributed by atoms with Gasteiger partial charge in [-0.1, -0.05) is 0 Å². The topological polar surface area (TPSA) is 75.3 Å². The highest BCUT2D eigenvalue weighted by atomic mass is 16.5. The Bertz CT molecular complexity index is 630. The second-order valence-electron chi connectivity index (χ2n) is 5.13. The number of rotatable bonds is 4. The minimum Gasteiger partial charge on any atom is -0.497 e. The van der Waals surface area contributed by atoms with E-state index >= 15 is 0 Å². The van der Waals surface area contributed by atoms with Crippen molar-refractivity contribution in [3.63, 3.8) is 0 Å². The number of methoxy groups -OCH3 is 1. The second kappa shape index (κ2) is 6.55. The number of aromatic nitrogens is 1. The molecule has 114 valence electrons. The average molecular weight is 298 g/mol. The van der Waals surface area contributed by atoms with Crippen molar-refractivity contribution < 1.29 is 9.53 Å². The van der Waals surface area contributed by atoms with E-state index in [1.54, 1.807) is 19.5 Å². The molecular weight excluding hydrogens is 280 g/mol. The molecule has 6 nitrogen and oxygen atoms in total. The highest BCUT2D eigenvalue weighted by Gasteiger charge is 2.30. The van der Waals surface area contributed by atoms with Gasteiger partial charge in [-0.05, 0) is 48.4 Å². The van der Waals surface area contributed by atoms with E-state index in [0.29, 0.717) is 6.42 Å². The summed E-state index contributed by atoms with van der Waals surface area (Å²) in [7, 11) is 1.61. The van der Waals surface area contributed by atoms with Crippen LogP contribution in [0.4, 0.5) is 5.69 Å². The molecule has 0 aliphatic carbocycles. The van der Waals surface area contributed by atoms with Gasteiger partial charge in [-0.2, -0.15) is 0 Å². The van der Waals surface area contributed by atoms with Gasteiger partial charge in [0.05, 0.1) is 7.11 Å². The number of hydrogen-bond acceptors (Lipinski definition) is 5. The highest BCUT2D eigenvalue weighted by molar-refractivity contribution is 5.95. The Morgan fingerprint density at radius 3 is 2.59 bits per heavy atom. The number of nitrogens with one attached hydrogen (secondary N) is 3. The molecule has 1 aliphatic rings. The van der Waals surface area contributed by atoms with Crippen LogP contribution in [0.15, 0.2) is 48.8 Å². The van der Waals surface area contributed by atoms with Crippen molar-refractivity contribution in [1.82, 2.24) is 15.8 Å². The molecular formula is C16H18N4O2. The van der Waals surface area contributed by atoms with Gasteiger partial charge in [0.2, 0.25) is 5.91 Å². The average Bonchev–Trinajstić information content (AvgIpc) is 3.06. The van der Waals surface area contributed by atoms with Crippen molar-refractivity contribution in [1.29, 1.82) is 0 Å². The molecule has 0 spiro atoms. The van der Waals surface area contributed by atoms with Crippen LogP contribution >= 0.6 is 0 Å². The lowest BCUT2D eigenvalue weighted by Gasteiger charge is -2.11. The van der Waals surface area contributed by atoms with Gasteiger partial charge in [-0.25, -0.2) is 10.9 Å². The Kier molecular flexibility index (Phi) is 4.32. The Hall–Kier alpha value is -2.44. The molecule has 1 aromatic heterocycles. The van der Waals surface area contributed by atoms with Crippen molar-refractivity contribution in [2.24, 2.45) is 0 Å². The standard InChI is InChI=1S/C16H18N4O2/c1-22-13-4-2-12(3-5-13)18-16(21)15-10-14(19-20-15)11-6-8-17-9-7-11/h2-9,14-15,19-20H,10H2,1H3,(H,18,21). The number of carbonyl (C=O) groups excluding carboxylic acids is 1. The lowest BCUT2D eigenvalue weighted by atomic mass is 10.0. The van der Waals surface area contributed by atoms with Gasteiger partial charge in [-0.3, -0.25) is 9.78 Å². The molecule has 3 N–H and O–H groups in total. The first-order valence-corrected chi connectivity index (χ1v) is 7.12. The molecule has 1 aliphatic heterocycles. The fraction of sp³-hybridized carbons (Fsp3) is 0.250. The summed E-state index contributed by atoms with van der Waals surface area (Å²) >= 11 is 0. The first-order valence-electron chi connectivity index (χ1n) is 7.12. The molecule has 0 bridgehead atoms. The van der Waals surface area contributed by atoms with E-state index in [0.717, 1.165) is 17.0 Å². The molecule has 2 unspecified atom stereocenters. The number of carbonyl (C=O) groups is 1. The molecule has 22 heavy (non-hydrogen) atoms. The lowest BCUT2D eigenvalue weighted by Crippen LogP contribution is -2.39. The minimum atomic E-state index is -0.278. The predicted molar refractivity (Wildman–Crippen MR) is 83.3 cm³/mol. The zero-order valence-electron chi connectivity index (χ0n) is 12.2. The molecule has 1 aromatic carbocycles. The van der Waals surface area contributed by atoms with Gasteiger partial charge in [-0.15, -0.1) is 0 Å². The van der Waals surface area contributed by atoms with E-state index in [4.69, 9.17) is 4.74 Å². The number of benzene rings is 1. The zero-order valence-corrected chi connectivity index (χ0v) is 12.2. The summed E-state index contributed by atoms with van der Waals surface area (Å²) in [5, 5.41) is 2.90. The summed E-state index contributed by atoms with van der Waals surface area (Å²) < 4.78 is 5.10. The van der Waals surface area contributed by atoms with Crippen LogP contribution in [0.3, 0.4) is 0 Å². The molecule has 1 saturated heterocycles. The molecule has 1 amide bonds. The molecule has 2 heterocycles. The van der Waals surface area contributed by atoms with Crippen LogP contribution in [0.1, 0.15) is 18.0 Å². The fourth-order valence-electron chi connectivity index (χ4n) is 2.45. The maximum Gasteiger partial charge on any atom is 0.242 e. The van der Waals surface area contributed by atoms with E-state index in [2.05, 4.69) is 21.2 Å². The van der Waals surface area contributed by atoms with Gasteiger partial charge in [0.25, 0.3) is 0 Å². The molecule has 0 saturated carbocycles. The van der Waals surface area contributed by atoms with E-state index in [9.17, 15) is 4.79 Å². The van der Waals surface area contributed by atoms with Crippen molar-refractivity contribution in [2.75, 3.05) is 12.4 Å². The van der Waals surface area contributed by atoms with E-state index in [-0.39, 0.29) is 18.0 Å². The first kappa shape index (κ1) is 14.5. The smallest absolute Gasteiger partial charge is 0.242 e. The third-order valence-electron chi connectivity index (χ3n) is 3.69. The van der Waals surface area contributed by atoms with Crippen molar-refractivity contribution in [3.05, 3.63) is 54.4 Å². The second-order valence-corrected chi connectivity index (χ2v) is 5.13. The van der Waals surface area contributed by atoms with E-state index in [1.165, 1.54) is 0 Å². The fourth-order valence-corrected chi connectivity index (χ4v) is 2.45. The van der Waals surface area contributed by atoms with Crippen molar-refractivity contribution >= 4 is 11.6 Å². The van der Waals surface area contributed by atoms with E-state index in [1.807, 2.05) is 36.4 Å². The third-order valence-corrected chi connectivity index (χ3v) is 3.69. The van der Waals surface area contributed by atoms with Crippen LogP contribution in [-0.2, 0) is 4.79 Å². The Labute approximate surface area is 128 Å². The number of pyridine rings is 1. The first-order chi connectivity index (χ1) is 10.8. The van der Waals surface area contributed by atoms with Gasteiger partial charge in [0, 0.05) is 24.1 Å². The number of amides is 1. The molecule has 1 fully saturated rings. The van der Waals surface area contributed by atoms with Crippen LogP contribution < -0.4 is 20.9 Å². The highest BCUT2D eigenvalue weighted by Crippen LogP contribution is 2.22. The van der Waals surface area contributed by atoms with Gasteiger partial charge >= 0.3 is 0 Å². The summed E-state index contributed by atoms with van der Waals surface area (Å²) in [5.41, 5.74) is 8.05. The Morgan fingerprint density at radius 1 is 1.18 bits per heavy atom. The van der Waals surface area contributed by atoms with Crippen LogP contribution in [-0.4, -0.2) is 24.0 Å². The number of anilines is 1. The predicted octanol–water partition coefficient (Wildman–Crippen LogP) is 1.64. The Balaban J connectivity index is 1.59. The molecule has 3 rings (SSSR count). The monoisotopic (exact) mass is 298 g/mol. The summed E-state index contributed by atoms with van der Waals surface area (Å²) in [6, 6.07) is 11.0. The van der Waals surface area contributed by atoms with Crippen LogP contribution in [0.5, 0.6) is 5.75 Å². The zero-order chi connectivity index (χ0) is 15.4. The maximum atomic E-state index is 12.3. The number of hydrogen-bond donors (Lipinski definition) is 3. The third kappa shape index (κ3) is 3.24. The molecule has 6 heteroatoms. The van der Waals surface area contributed by atoms with Gasteiger partial charge < -0.3 is 10.1 Å². The van der Waals surface area contributed by atoms with Crippen LogP contribution in [0.25, 0.3) is 0 Å². The SMILES string of the molecule is COc1ccc(NC(=O)C2CC(c3ccncc3)NN2)cc1. The number of nitrogens with zero attached hydrogens (tertiary/aromatic N) is 1. The molecule has 0 radical (unpaired) electrons.